The monoisotopic (exact) mass is 569 g/mol. The molecule has 0 spiro atoms. The van der Waals surface area contributed by atoms with Crippen LogP contribution in [-0.4, -0.2) is 57.1 Å². The van der Waals surface area contributed by atoms with E-state index in [1.54, 1.807) is 19.2 Å². The Bertz CT molecular complexity index is 1180. The Morgan fingerprint density at radius 3 is 2.19 bits per heavy atom. The number of carbonyl (C=O) groups excluding carboxylic acids is 2. The van der Waals surface area contributed by atoms with Gasteiger partial charge in [0.1, 0.15) is 18.3 Å². The topological polar surface area (TPSA) is 96.0 Å². The van der Waals surface area contributed by atoms with Crippen molar-refractivity contribution in [3.63, 3.8) is 0 Å². The van der Waals surface area contributed by atoms with E-state index in [-0.39, 0.29) is 34.2 Å². The third kappa shape index (κ3) is 7.99. The Morgan fingerprint density at radius 2 is 1.68 bits per heavy atom. The summed E-state index contributed by atoms with van der Waals surface area (Å²) in [5.41, 5.74) is 0.944. The summed E-state index contributed by atoms with van der Waals surface area (Å²) in [6.45, 7) is 1.43. The van der Waals surface area contributed by atoms with E-state index in [1.807, 2.05) is 19.1 Å². The fourth-order valence-corrected chi connectivity index (χ4v) is 5.86. The number of amides is 2. The van der Waals surface area contributed by atoms with Crippen LogP contribution in [0.3, 0.4) is 0 Å². The van der Waals surface area contributed by atoms with Crippen LogP contribution >= 0.6 is 23.2 Å². The molecule has 0 aromatic heterocycles. The van der Waals surface area contributed by atoms with E-state index in [9.17, 15) is 18.0 Å². The van der Waals surface area contributed by atoms with Gasteiger partial charge in [-0.25, -0.2) is 8.42 Å². The predicted octanol–water partition coefficient (Wildman–Crippen LogP) is 4.63. The minimum Gasteiger partial charge on any atom is -0.497 e. The van der Waals surface area contributed by atoms with E-state index < -0.39 is 28.5 Å². The highest BCUT2D eigenvalue weighted by molar-refractivity contribution is 7.92. The molecule has 1 atom stereocenters. The quantitative estimate of drug-likeness (QED) is 0.425. The van der Waals surface area contributed by atoms with E-state index in [0.717, 1.165) is 41.8 Å². The third-order valence-electron chi connectivity index (χ3n) is 6.41. The van der Waals surface area contributed by atoms with Gasteiger partial charge in [0, 0.05) is 22.6 Å². The lowest BCUT2D eigenvalue weighted by Crippen LogP contribution is -2.53. The molecule has 1 aliphatic rings. The zero-order valence-corrected chi connectivity index (χ0v) is 23.6. The average molecular weight is 571 g/mol. The van der Waals surface area contributed by atoms with Gasteiger partial charge in [0.25, 0.3) is 0 Å². The molecule has 202 valence electrons. The van der Waals surface area contributed by atoms with Crippen LogP contribution in [0.2, 0.25) is 10.0 Å². The summed E-state index contributed by atoms with van der Waals surface area (Å²) >= 11 is 12.2. The van der Waals surface area contributed by atoms with Gasteiger partial charge in [0.2, 0.25) is 21.8 Å². The minimum atomic E-state index is -3.88. The Morgan fingerprint density at radius 1 is 1.08 bits per heavy atom. The summed E-state index contributed by atoms with van der Waals surface area (Å²) in [6, 6.07) is 10.8. The maximum Gasteiger partial charge on any atom is 0.244 e. The molecule has 11 heteroatoms. The number of nitrogens with zero attached hydrogens (tertiary/aromatic N) is 2. The molecule has 0 radical (unpaired) electrons. The summed E-state index contributed by atoms with van der Waals surface area (Å²) in [5.74, 6) is -0.104. The van der Waals surface area contributed by atoms with Crippen LogP contribution in [0.15, 0.2) is 42.5 Å². The predicted molar refractivity (Wildman–Crippen MR) is 147 cm³/mol. The van der Waals surface area contributed by atoms with Gasteiger partial charge in [0.05, 0.1) is 19.1 Å². The molecule has 8 nitrogen and oxygen atoms in total. The molecule has 1 unspecified atom stereocenters. The molecule has 2 amide bonds. The lowest BCUT2D eigenvalue weighted by Gasteiger charge is -2.33. The number of carbonyl (C=O) groups is 2. The summed E-state index contributed by atoms with van der Waals surface area (Å²) in [5, 5.41) is 3.55. The minimum absolute atomic E-state index is 0.0839. The zero-order valence-electron chi connectivity index (χ0n) is 21.2. The smallest absolute Gasteiger partial charge is 0.244 e. The van der Waals surface area contributed by atoms with E-state index in [2.05, 4.69) is 5.32 Å². The molecule has 2 aromatic carbocycles. The second-order valence-corrected chi connectivity index (χ2v) is 12.0. The molecule has 3 rings (SSSR count). The van der Waals surface area contributed by atoms with E-state index in [0.29, 0.717) is 12.2 Å². The van der Waals surface area contributed by atoms with Crippen LogP contribution in [0.25, 0.3) is 0 Å². The molecule has 1 aliphatic carbocycles. The second-order valence-electron chi connectivity index (χ2n) is 9.18. The van der Waals surface area contributed by atoms with Crippen molar-refractivity contribution in [2.24, 2.45) is 0 Å². The first-order chi connectivity index (χ1) is 17.5. The number of ether oxygens (including phenoxy) is 1. The fourth-order valence-electron chi connectivity index (χ4n) is 4.51. The first kappa shape index (κ1) is 29.1. The van der Waals surface area contributed by atoms with Crippen LogP contribution in [-0.2, 0) is 26.2 Å². The fraction of sp³-hybridized carbons (Fsp3) is 0.462. The molecule has 37 heavy (non-hydrogen) atoms. The lowest BCUT2D eigenvalue weighted by atomic mass is 10.1. The summed E-state index contributed by atoms with van der Waals surface area (Å²) < 4.78 is 31.6. The molecular weight excluding hydrogens is 537 g/mol. The van der Waals surface area contributed by atoms with Crippen LogP contribution in [0, 0.1) is 0 Å². The van der Waals surface area contributed by atoms with Gasteiger partial charge < -0.3 is 15.0 Å². The van der Waals surface area contributed by atoms with Crippen LogP contribution in [0.4, 0.5) is 5.69 Å². The van der Waals surface area contributed by atoms with Gasteiger partial charge in [-0.3, -0.25) is 13.9 Å². The zero-order chi connectivity index (χ0) is 27.2. The number of hydrogen-bond donors (Lipinski definition) is 1. The largest absolute Gasteiger partial charge is 0.497 e. The molecule has 0 saturated heterocycles. The molecule has 0 heterocycles. The van der Waals surface area contributed by atoms with Crippen molar-refractivity contribution in [2.75, 3.05) is 24.2 Å². The molecular formula is C26H33Cl2N3O5S. The van der Waals surface area contributed by atoms with E-state index in [1.165, 1.54) is 23.1 Å². The number of hydrogen-bond acceptors (Lipinski definition) is 5. The number of nitrogens with one attached hydrogen (secondary N) is 1. The molecule has 1 fully saturated rings. The summed E-state index contributed by atoms with van der Waals surface area (Å²) in [7, 11) is -2.32. The Balaban J connectivity index is 1.94. The van der Waals surface area contributed by atoms with Crippen molar-refractivity contribution < 1.29 is 22.7 Å². The number of methoxy groups -OCH3 is 1. The van der Waals surface area contributed by atoms with E-state index >= 15 is 0 Å². The number of sulfonamides is 1. The molecule has 0 aliphatic heterocycles. The average Bonchev–Trinajstić information content (AvgIpc) is 3.34. The second kappa shape index (κ2) is 12.8. The SMILES string of the molecule is CCC(C(=O)NC1CCCC1)N(Cc1ccc(OC)cc1)C(=O)CN(c1cc(Cl)cc(Cl)c1)S(C)(=O)=O. The molecule has 0 bridgehead atoms. The van der Waals surface area contributed by atoms with Gasteiger partial charge in [-0.05, 0) is 55.2 Å². The van der Waals surface area contributed by atoms with Crippen LogP contribution < -0.4 is 14.4 Å². The maximum atomic E-state index is 13.8. The first-order valence-corrected chi connectivity index (χ1v) is 14.8. The van der Waals surface area contributed by atoms with Crippen molar-refractivity contribution in [1.29, 1.82) is 0 Å². The number of rotatable bonds is 11. The standard InChI is InChI=1S/C26H33Cl2N3O5S/c1-4-24(26(33)29-21-7-5-6-8-21)30(16-18-9-11-23(36-2)12-10-18)25(32)17-31(37(3,34)35)22-14-19(27)13-20(28)15-22/h9-15,21,24H,4-8,16-17H2,1-3H3,(H,29,33). The molecule has 2 aromatic rings. The van der Waals surface area contributed by atoms with Gasteiger partial charge in [-0.2, -0.15) is 0 Å². The molecule has 1 N–H and O–H groups in total. The van der Waals surface area contributed by atoms with Crippen molar-refractivity contribution in [3.8, 4) is 5.75 Å². The number of anilines is 1. The highest BCUT2D eigenvalue weighted by Gasteiger charge is 2.33. The summed E-state index contributed by atoms with van der Waals surface area (Å²) in [6.07, 6.45) is 5.30. The third-order valence-corrected chi connectivity index (χ3v) is 7.99. The normalized spacial score (nSPS) is 14.7. The van der Waals surface area contributed by atoms with Gasteiger partial charge >= 0.3 is 0 Å². The van der Waals surface area contributed by atoms with E-state index in [4.69, 9.17) is 27.9 Å². The van der Waals surface area contributed by atoms with Crippen molar-refractivity contribution in [3.05, 3.63) is 58.1 Å². The number of benzene rings is 2. The highest BCUT2D eigenvalue weighted by Crippen LogP contribution is 2.28. The molecule has 1 saturated carbocycles. The summed E-state index contributed by atoms with van der Waals surface area (Å²) in [4.78, 5) is 28.5. The Labute approximate surface area is 228 Å². The van der Waals surface area contributed by atoms with Crippen molar-refractivity contribution in [2.45, 2.75) is 57.7 Å². The Hall–Kier alpha value is -2.49. The van der Waals surface area contributed by atoms with Crippen molar-refractivity contribution >= 4 is 50.7 Å². The van der Waals surface area contributed by atoms with Crippen molar-refractivity contribution in [1.82, 2.24) is 10.2 Å². The number of halogens is 2. The Kier molecular flexibility index (Phi) is 10.1. The van der Waals surface area contributed by atoms with Crippen LogP contribution in [0.1, 0.15) is 44.6 Å². The van der Waals surface area contributed by atoms with Gasteiger partial charge in [0.15, 0.2) is 0 Å². The lowest BCUT2D eigenvalue weighted by molar-refractivity contribution is -0.140. The maximum absolute atomic E-state index is 13.8. The first-order valence-electron chi connectivity index (χ1n) is 12.2. The van der Waals surface area contributed by atoms with Gasteiger partial charge in [-0.15, -0.1) is 0 Å². The highest BCUT2D eigenvalue weighted by atomic mass is 35.5. The van der Waals surface area contributed by atoms with Gasteiger partial charge in [-0.1, -0.05) is 55.1 Å². The van der Waals surface area contributed by atoms with Crippen LogP contribution in [0.5, 0.6) is 5.75 Å².